The van der Waals surface area contributed by atoms with Crippen molar-refractivity contribution in [3.63, 3.8) is 0 Å². The molecular formula is C57H56O6. The Morgan fingerprint density at radius 1 is 0.460 bits per heavy atom. The van der Waals surface area contributed by atoms with Gasteiger partial charge in [-0.1, -0.05) is 170 Å². The van der Waals surface area contributed by atoms with Gasteiger partial charge in [0, 0.05) is 5.56 Å². The summed E-state index contributed by atoms with van der Waals surface area (Å²) in [7, 11) is 0. The minimum atomic E-state index is -0.613. The van der Waals surface area contributed by atoms with Crippen molar-refractivity contribution in [2.45, 2.75) is 89.7 Å². The minimum Gasteiger partial charge on any atom is -0.489 e. The first-order valence-corrected chi connectivity index (χ1v) is 22.3. The van der Waals surface area contributed by atoms with Crippen LogP contribution < -0.4 is 4.74 Å². The molecule has 1 aliphatic heterocycles. The molecule has 0 aromatic heterocycles. The smallest absolute Gasteiger partial charge is 0.126 e. The van der Waals surface area contributed by atoms with E-state index < -0.39 is 30.5 Å². The van der Waals surface area contributed by atoms with Crippen LogP contribution in [0.1, 0.15) is 67.3 Å². The Labute approximate surface area is 372 Å². The number of benzene rings is 7. The maximum atomic E-state index is 7.44. The standard InChI is InChI=1S/C57H56O6/c1-41-31-52(59-36-43-19-9-3-10-20-43)51(34-50(41)33-47-27-28-48-29-30-49(48)32-47)54-56(61-38-45-23-13-5-14-24-45)57(62-39-46-25-15-6-16-26-46)55(60-37-44-21-11-4-12-22-44)53(63-54)40-58-35-42-17-7-2-8-18-42/h2-28,31-32,34,53-57H,29-30,33,35-40H2,1H3/t53-,54+,55-,56+,57+/m1/s1. The zero-order valence-corrected chi connectivity index (χ0v) is 36.0. The SMILES string of the molecule is Cc1cc(OCc2ccccc2)c([C@@H]2O[C@H](COCc3ccccc3)[C@@H](OCc3ccccc3)[C@H](OCc3ccccc3)[C@H]2OCc2ccccc2)cc1Cc1ccc2c(c1)CC2. The largest absolute Gasteiger partial charge is 0.489 e. The first kappa shape index (κ1) is 42.4. The third-order valence-electron chi connectivity index (χ3n) is 12.2. The van der Waals surface area contributed by atoms with Gasteiger partial charge in [0.1, 0.15) is 42.9 Å². The second-order valence-electron chi connectivity index (χ2n) is 16.8. The molecule has 1 heterocycles. The van der Waals surface area contributed by atoms with E-state index in [9.17, 15) is 0 Å². The van der Waals surface area contributed by atoms with Gasteiger partial charge in [-0.25, -0.2) is 0 Å². The first-order chi connectivity index (χ1) is 31.1. The summed E-state index contributed by atoms with van der Waals surface area (Å²) < 4.78 is 42.1. The Kier molecular flexibility index (Phi) is 14.2. The number of fused-ring (bicyclic) bond motifs is 1. The van der Waals surface area contributed by atoms with Crippen molar-refractivity contribution in [3.05, 3.63) is 243 Å². The Morgan fingerprint density at radius 2 is 0.952 bits per heavy atom. The van der Waals surface area contributed by atoms with Gasteiger partial charge in [-0.15, -0.1) is 0 Å². The van der Waals surface area contributed by atoms with Crippen molar-refractivity contribution >= 4 is 0 Å². The van der Waals surface area contributed by atoms with Gasteiger partial charge in [-0.2, -0.15) is 0 Å². The van der Waals surface area contributed by atoms with Gasteiger partial charge in [0.2, 0.25) is 0 Å². The summed E-state index contributed by atoms with van der Waals surface area (Å²) in [4.78, 5) is 0. The lowest BCUT2D eigenvalue weighted by atomic mass is 9.85. The average Bonchev–Trinajstić information content (AvgIpc) is 3.32. The van der Waals surface area contributed by atoms with Gasteiger partial charge < -0.3 is 28.4 Å². The van der Waals surface area contributed by atoms with Gasteiger partial charge in [-0.05, 0) is 94.0 Å². The van der Waals surface area contributed by atoms with Crippen molar-refractivity contribution in [3.8, 4) is 5.75 Å². The fourth-order valence-electron chi connectivity index (χ4n) is 8.64. The van der Waals surface area contributed by atoms with E-state index in [2.05, 4.69) is 97.9 Å². The summed E-state index contributed by atoms with van der Waals surface area (Å²) in [5.74, 6) is 0.755. The number of ether oxygens (including phenoxy) is 6. The molecule has 320 valence electrons. The van der Waals surface area contributed by atoms with Crippen molar-refractivity contribution in [2.75, 3.05) is 6.61 Å². The van der Waals surface area contributed by atoms with Crippen LogP contribution in [0.25, 0.3) is 0 Å². The summed E-state index contributed by atoms with van der Waals surface area (Å²) in [5.41, 5.74) is 12.8. The summed E-state index contributed by atoms with van der Waals surface area (Å²) in [6, 6.07) is 62.8. The highest BCUT2D eigenvalue weighted by Gasteiger charge is 2.50. The molecule has 0 N–H and O–H groups in total. The molecule has 0 radical (unpaired) electrons. The van der Waals surface area contributed by atoms with Crippen LogP contribution in [-0.2, 0) is 76.0 Å². The molecule has 1 fully saturated rings. The quantitative estimate of drug-likeness (QED) is 0.0809. The lowest BCUT2D eigenvalue weighted by molar-refractivity contribution is -0.275. The van der Waals surface area contributed by atoms with Gasteiger partial charge in [-0.3, -0.25) is 0 Å². The molecule has 1 aliphatic carbocycles. The Balaban J connectivity index is 1.14. The zero-order chi connectivity index (χ0) is 42.6. The van der Waals surface area contributed by atoms with Gasteiger partial charge in [0.25, 0.3) is 0 Å². The molecule has 0 saturated carbocycles. The van der Waals surface area contributed by atoms with Gasteiger partial charge in [0.05, 0.1) is 33.0 Å². The molecule has 0 bridgehead atoms. The number of hydrogen-bond acceptors (Lipinski definition) is 6. The van der Waals surface area contributed by atoms with Crippen molar-refractivity contribution < 1.29 is 28.4 Å². The molecule has 0 unspecified atom stereocenters. The fraction of sp³-hybridized carbons (Fsp3) is 0.263. The molecule has 5 atom stereocenters. The highest BCUT2D eigenvalue weighted by Crippen LogP contribution is 2.43. The summed E-state index contributed by atoms with van der Waals surface area (Å²) in [6.07, 6.45) is 0.221. The Bertz CT molecular complexity index is 2480. The molecule has 2 aliphatic rings. The van der Waals surface area contributed by atoms with Crippen molar-refractivity contribution in [1.29, 1.82) is 0 Å². The van der Waals surface area contributed by atoms with E-state index in [4.69, 9.17) is 28.4 Å². The van der Waals surface area contributed by atoms with Gasteiger partial charge in [0.15, 0.2) is 0 Å². The number of hydrogen-bond donors (Lipinski definition) is 0. The van der Waals surface area contributed by atoms with Crippen molar-refractivity contribution in [2.24, 2.45) is 0 Å². The molecule has 7 aromatic carbocycles. The third-order valence-corrected chi connectivity index (χ3v) is 12.2. The lowest BCUT2D eigenvalue weighted by Gasteiger charge is -2.46. The maximum Gasteiger partial charge on any atom is 0.126 e. The molecule has 7 aromatic rings. The summed E-state index contributed by atoms with van der Waals surface area (Å²) >= 11 is 0. The molecule has 0 amide bonds. The van der Waals surface area contributed by atoms with E-state index in [1.165, 1.54) is 22.3 Å². The molecule has 6 heteroatoms. The van der Waals surface area contributed by atoms with Crippen LogP contribution in [0.5, 0.6) is 5.75 Å². The topological polar surface area (TPSA) is 55.4 Å². The van der Waals surface area contributed by atoms with Crippen LogP contribution in [0.3, 0.4) is 0 Å². The highest BCUT2D eigenvalue weighted by molar-refractivity contribution is 5.48. The van der Waals surface area contributed by atoms with E-state index in [1.807, 2.05) is 91.0 Å². The molecule has 9 rings (SSSR count). The number of rotatable bonds is 19. The van der Waals surface area contributed by atoms with E-state index in [0.717, 1.165) is 64.0 Å². The highest BCUT2D eigenvalue weighted by atomic mass is 16.6. The van der Waals surface area contributed by atoms with Crippen LogP contribution in [0.15, 0.2) is 182 Å². The van der Waals surface area contributed by atoms with Crippen LogP contribution in [0, 0.1) is 6.92 Å². The van der Waals surface area contributed by atoms with E-state index in [1.54, 1.807) is 0 Å². The van der Waals surface area contributed by atoms with E-state index in [-0.39, 0.29) is 6.61 Å². The third kappa shape index (κ3) is 11.0. The molecule has 0 spiro atoms. The summed E-state index contributed by atoms with van der Waals surface area (Å²) in [6.45, 7) is 4.37. The molecule has 6 nitrogen and oxygen atoms in total. The lowest BCUT2D eigenvalue weighted by Crippen LogP contribution is -2.58. The molecule has 1 saturated heterocycles. The second kappa shape index (κ2) is 21.0. The van der Waals surface area contributed by atoms with Crippen molar-refractivity contribution in [1.82, 2.24) is 0 Å². The number of aryl methyl sites for hydroxylation is 3. The second-order valence-corrected chi connectivity index (χ2v) is 16.8. The Hall–Kier alpha value is -5.86. The normalized spacial score (nSPS) is 19.2. The monoisotopic (exact) mass is 836 g/mol. The van der Waals surface area contributed by atoms with Crippen LogP contribution in [0.2, 0.25) is 0 Å². The summed E-state index contributed by atoms with van der Waals surface area (Å²) in [5, 5.41) is 0. The maximum absolute atomic E-state index is 7.44. The van der Waals surface area contributed by atoms with Gasteiger partial charge >= 0.3 is 0 Å². The predicted molar refractivity (Wildman–Crippen MR) is 247 cm³/mol. The Morgan fingerprint density at radius 3 is 1.48 bits per heavy atom. The van der Waals surface area contributed by atoms with Crippen LogP contribution in [0.4, 0.5) is 0 Å². The van der Waals surface area contributed by atoms with Crippen LogP contribution >= 0.6 is 0 Å². The minimum absolute atomic E-state index is 0.273. The zero-order valence-electron chi connectivity index (χ0n) is 36.0. The van der Waals surface area contributed by atoms with Crippen LogP contribution in [-0.4, -0.2) is 31.0 Å². The van der Waals surface area contributed by atoms with E-state index >= 15 is 0 Å². The fourth-order valence-corrected chi connectivity index (χ4v) is 8.64. The molecule has 63 heavy (non-hydrogen) atoms. The predicted octanol–water partition coefficient (Wildman–Crippen LogP) is 11.7. The first-order valence-electron chi connectivity index (χ1n) is 22.3. The van der Waals surface area contributed by atoms with E-state index in [0.29, 0.717) is 33.0 Å². The molecular weight excluding hydrogens is 781 g/mol. The average molecular weight is 837 g/mol.